The SMILES string of the molecule is CCOC(=O)c1[nH]c(=O)c(CBr)cc1OC(F)(F)F. The Labute approximate surface area is 113 Å². The second-order valence-electron chi connectivity index (χ2n) is 3.26. The molecule has 106 valence electrons. The van der Waals surface area contributed by atoms with Crippen molar-refractivity contribution in [3.8, 4) is 5.75 Å². The van der Waals surface area contributed by atoms with Crippen LogP contribution in [-0.4, -0.2) is 23.9 Å². The lowest BCUT2D eigenvalue weighted by Crippen LogP contribution is -2.24. The summed E-state index contributed by atoms with van der Waals surface area (Å²) >= 11 is 2.94. The fraction of sp³-hybridized carbons (Fsp3) is 0.400. The van der Waals surface area contributed by atoms with Crippen LogP contribution >= 0.6 is 15.9 Å². The van der Waals surface area contributed by atoms with Gasteiger partial charge in [-0.1, -0.05) is 15.9 Å². The van der Waals surface area contributed by atoms with Crippen molar-refractivity contribution in [3.63, 3.8) is 0 Å². The molecule has 0 aliphatic rings. The first kappa shape index (κ1) is 15.5. The maximum absolute atomic E-state index is 12.2. The van der Waals surface area contributed by atoms with E-state index in [1.807, 2.05) is 4.98 Å². The lowest BCUT2D eigenvalue weighted by Gasteiger charge is -2.13. The van der Waals surface area contributed by atoms with Crippen LogP contribution in [0.3, 0.4) is 0 Å². The van der Waals surface area contributed by atoms with E-state index in [0.717, 1.165) is 6.07 Å². The Hall–Kier alpha value is -1.51. The minimum atomic E-state index is -4.98. The lowest BCUT2D eigenvalue weighted by molar-refractivity contribution is -0.274. The zero-order chi connectivity index (χ0) is 14.6. The number of nitrogens with one attached hydrogen (secondary N) is 1. The van der Waals surface area contributed by atoms with Crippen LogP contribution in [0.25, 0.3) is 0 Å². The number of pyridine rings is 1. The van der Waals surface area contributed by atoms with E-state index < -0.39 is 29.3 Å². The quantitative estimate of drug-likeness (QED) is 0.673. The molecule has 0 radical (unpaired) electrons. The summed E-state index contributed by atoms with van der Waals surface area (Å²) in [4.78, 5) is 24.9. The van der Waals surface area contributed by atoms with Crippen molar-refractivity contribution in [2.75, 3.05) is 6.61 Å². The van der Waals surface area contributed by atoms with Crippen molar-refractivity contribution in [1.29, 1.82) is 0 Å². The smallest absolute Gasteiger partial charge is 0.461 e. The number of hydrogen-bond acceptors (Lipinski definition) is 4. The summed E-state index contributed by atoms with van der Waals surface area (Å²) in [7, 11) is 0. The first-order valence-electron chi connectivity index (χ1n) is 5.03. The van der Waals surface area contributed by atoms with Gasteiger partial charge in [-0.3, -0.25) is 4.79 Å². The van der Waals surface area contributed by atoms with Gasteiger partial charge < -0.3 is 14.5 Å². The van der Waals surface area contributed by atoms with E-state index in [1.165, 1.54) is 6.92 Å². The molecule has 0 atom stereocenters. The summed E-state index contributed by atoms with van der Waals surface area (Å²) in [5.74, 6) is -1.90. The van der Waals surface area contributed by atoms with E-state index in [9.17, 15) is 22.8 Å². The normalized spacial score (nSPS) is 11.2. The van der Waals surface area contributed by atoms with E-state index >= 15 is 0 Å². The third-order valence-electron chi connectivity index (χ3n) is 1.93. The molecule has 0 aromatic carbocycles. The molecule has 0 amide bonds. The molecule has 0 fully saturated rings. The van der Waals surface area contributed by atoms with Crippen LogP contribution in [0, 0.1) is 0 Å². The molecule has 19 heavy (non-hydrogen) atoms. The van der Waals surface area contributed by atoms with Crippen molar-refractivity contribution in [2.45, 2.75) is 18.6 Å². The Bertz CT molecular complexity index is 526. The summed E-state index contributed by atoms with van der Waals surface area (Å²) in [5.41, 5.74) is -1.38. The minimum Gasteiger partial charge on any atom is -0.461 e. The van der Waals surface area contributed by atoms with E-state index in [4.69, 9.17) is 0 Å². The summed E-state index contributed by atoms with van der Waals surface area (Å²) in [5, 5.41) is 0.0135. The van der Waals surface area contributed by atoms with E-state index in [2.05, 4.69) is 25.4 Å². The molecule has 1 rings (SSSR count). The third-order valence-corrected chi connectivity index (χ3v) is 2.54. The molecule has 0 unspecified atom stereocenters. The van der Waals surface area contributed by atoms with Crippen LogP contribution in [-0.2, 0) is 10.1 Å². The number of aromatic nitrogens is 1. The van der Waals surface area contributed by atoms with Gasteiger partial charge in [-0.15, -0.1) is 13.2 Å². The van der Waals surface area contributed by atoms with E-state index in [-0.39, 0.29) is 17.5 Å². The van der Waals surface area contributed by atoms with E-state index in [0.29, 0.717) is 0 Å². The monoisotopic (exact) mass is 343 g/mol. The van der Waals surface area contributed by atoms with Crippen LogP contribution in [0.4, 0.5) is 13.2 Å². The second kappa shape index (κ2) is 6.09. The van der Waals surface area contributed by atoms with Crippen LogP contribution in [0.1, 0.15) is 23.0 Å². The fourth-order valence-corrected chi connectivity index (χ4v) is 1.63. The Morgan fingerprint density at radius 3 is 2.58 bits per heavy atom. The largest absolute Gasteiger partial charge is 0.573 e. The summed E-state index contributed by atoms with van der Waals surface area (Å²) in [6.07, 6.45) is -4.98. The molecule has 9 heteroatoms. The predicted molar refractivity (Wildman–Crippen MR) is 62.3 cm³/mol. The van der Waals surface area contributed by atoms with Gasteiger partial charge in [0.15, 0.2) is 11.4 Å². The lowest BCUT2D eigenvalue weighted by atomic mass is 10.2. The van der Waals surface area contributed by atoms with Crippen LogP contribution in [0.15, 0.2) is 10.9 Å². The molecule has 1 aromatic heterocycles. The molecule has 0 aliphatic carbocycles. The maximum Gasteiger partial charge on any atom is 0.573 e. The molecule has 0 aliphatic heterocycles. The van der Waals surface area contributed by atoms with Crippen molar-refractivity contribution < 1.29 is 27.4 Å². The standard InChI is InChI=1S/C10H9BrF3NO4/c1-2-18-9(17)7-6(19-10(12,13)14)3-5(4-11)8(16)15-7/h3H,2,4H2,1H3,(H,15,16). The van der Waals surface area contributed by atoms with Crippen LogP contribution in [0.2, 0.25) is 0 Å². The summed E-state index contributed by atoms with van der Waals surface area (Å²) in [6, 6.07) is 0.841. The molecular weight excluding hydrogens is 335 g/mol. The Balaban J connectivity index is 3.30. The molecule has 1 heterocycles. The highest BCUT2D eigenvalue weighted by Crippen LogP contribution is 2.26. The van der Waals surface area contributed by atoms with Crippen molar-refractivity contribution >= 4 is 21.9 Å². The molecule has 0 saturated carbocycles. The van der Waals surface area contributed by atoms with E-state index in [1.54, 1.807) is 0 Å². The number of rotatable bonds is 4. The van der Waals surface area contributed by atoms with Gasteiger partial charge in [0.1, 0.15) is 0 Å². The molecule has 0 spiro atoms. The molecule has 0 saturated heterocycles. The van der Waals surface area contributed by atoms with Gasteiger partial charge in [-0.05, 0) is 13.0 Å². The molecule has 0 bridgehead atoms. The average Bonchev–Trinajstić information content (AvgIpc) is 2.29. The number of carbonyl (C=O) groups is 1. The van der Waals surface area contributed by atoms with Crippen molar-refractivity contribution in [2.24, 2.45) is 0 Å². The molecular formula is C10H9BrF3NO4. The number of alkyl halides is 4. The summed E-state index contributed by atoms with van der Waals surface area (Å²) < 4.78 is 44.9. The van der Waals surface area contributed by atoms with Gasteiger partial charge in [0.05, 0.1) is 6.61 Å². The third kappa shape index (κ3) is 4.27. The van der Waals surface area contributed by atoms with Crippen LogP contribution < -0.4 is 10.3 Å². The van der Waals surface area contributed by atoms with Crippen LogP contribution in [0.5, 0.6) is 5.75 Å². The number of hydrogen-bond donors (Lipinski definition) is 1. The molecule has 1 N–H and O–H groups in total. The van der Waals surface area contributed by atoms with Gasteiger partial charge in [0, 0.05) is 10.9 Å². The molecule has 5 nitrogen and oxygen atoms in total. The highest BCUT2D eigenvalue weighted by atomic mass is 79.9. The molecule has 1 aromatic rings. The van der Waals surface area contributed by atoms with Crippen molar-refractivity contribution in [1.82, 2.24) is 4.98 Å². The Kier molecular flexibility index (Phi) is 4.98. The highest BCUT2D eigenvalue weighted by Gasteiger charge is 2.34. The minimum absolute atomic E-state index is 0.00713. The number of aromatic amines is 1. The summed E-state index contributed by atoms with van der Waals surface area (Å²) in [6.45, 7) is 1.43. The second-order valence-corrected chi connectivity index (χ2v) is 3.83. The number of halogens is 4. The fourth-order valence-electron chi connectivity index (χ4n) is 1.21. The number of carbonyl (C=O) groups excluding carboxylic acids is 1. The number of esters is 1. The first-order chi connectivity index (χ1) is 8.78. The Morgan fingerprint density at radius 1 is 1.47 bits per heavy atom. The van der Waals surface area contributed by atoms with Gasteiger partial charge in [0.25, 0.3) is 5.56 Å². The average molecular weight is 344 g/mol. The van der Waals surface area contributed by atoms with Crippen molar-refractivity contribution in [3.05, 3.63) is 27.7 Å². The predicted octanol–water partition coefficient (Wildman–Crippen LogP) is 2.35. The number of H-pyrrole nitrogens is 1. The maximum atomic E-state index is 12.2. The topological polar surface area (TPSA) is 68.4 Å². The van der Waals surface area contributed by atoms with Gasteiger partial charge in [-0.2, -0.15) is 0 Å². The Morgan fingerprint density at radius 2 is 2.11 bits per heavy atom. The van der Waals surface area contributed by atoms with Gasteiger partial charge >= 0.3 is 12.3 Å². The zero-order valence-corrected chi connectivity index (χ0v) is 11.2. The first-order valence-corrected chi connectivity index (χ1v) is 6.15. The highest BCUT2D eigenvalue weighted by molar-refractivity contribution is 9.08. The van der Waals surface area contributed by atoms with Gasteiger partial charge in [-0.25, -0.2) is 4.79 Å². The van der Waals surface area contributed by atoms with Gasteiger partial charge in [0.2, 0.25) is 0 Å². The number of ether oxygens (including phenoxy) is 2. The zero-order valence-electron chi connectivity index (χ0n) is 9.64.